The van der Waals surface area contributed by atoms with Crippen molar-refractivity contribution in [2.24, 2.45) is 0 Å². The number of hydrogen-bond donors (Lipinski definition) is 0. The summed E-state index contributed by atoms with van der Waals surface area (Å²) in [5, 5.41) is 8.89. The van der Waals surface area contributed by atoms with E-state index >= 15 is 0 Å². The molecule has 1 aromatic carbocycles. The third-order valence-corrected chi connectivity index (χ3v) is 4.14. The van der Waals surface area contributed by atoms with Gasteiger partial charge in [-0.25, -0.2) is 4.98 Å². The van der Waals surface area contributed by atoms with Crippen molar-refractivity contribution in [2.45, 2.75) is 6.10 Å². The zero-order chi connectivity index (χ0) is 19.2. The lowest BCUT2D eigenvalue weighted by Crippen LogP contribution is -2.55. The highest BCUT2D eigenvalue weighted by atomic mass is 16.5. The summed E-state index contributed by atoms with van der Waals surface area (Å²) in [5.74, 6) is 1.55. The molecule has 1 aromatic heterocycles. The lowest BCUT2D eigenvalue weighted by molar-refractivity contribution is -0.134. The first kappa shape index (κ1) is 18.3. The second kappa shape index (κ2) is 8.23. The van der Waals surface area contributed by atoms with E-state index in [1.54, 1.807) is 49.5 Å². The molecule has 1 aliphatic heterocycles. The van der Waals surface area contributed by atoms with Crippen LogP contribution in [0.15, 0.2) is 42.6 Å². The Balaban J connectivity index is 1.53. The zero-order valence-electron chi connectivity index (χ0n) is 15.1. The number of hydrogen-bond acceptors (Lipinski definition) is 6. The van der Waals surface area contributed by atoms with E-state index in [9.17, 15) is 4.79 Å². The van der Waals surface area contributed by atoms with Gasteiger partial charge >= 0.3 is 0 Å². The van der Waals surface area contributed by atoms with Crippen LogP contribution in [0, 0.1) is 11.3 Å². The average molecular weight is 365 g/mol. The van der Waals surface area contributed by atoms with Crippen LogP contribution in [0.25, 0.3) is 6.08 Å². The van der Waals surface area contributed by atoms with Gasteiger partial charge in [0.05, 0.1) is 38.9 Å². The number of pyridine rings is 1. The first-order chi connectivity index (χ1) is 13.1. The molecule has 1 aliphatic rings. The largest absolute Gasteiger partial charge is 0.493 e. The maximum absolute atomic E-state index is 12.2. The summed E-state index contributed by atoms with van der Waals surface area (Å²) >= 11 is 0. The van der Waals surface area contributed by atoms with Crippen molar-refractivity contribution in [1.82, 2.24) is 9.88 Å². The Kier molecular flexibility index (Phi) is 5.57. The van der Waals surface area contributed by atoms with E-state index in [1.165, 1.54) is 12.3 Å². The minimum Gasteiger partial charge on any atom is -0.493 e. The number of ether oxygens (including phenoxy) is 3. The highest BCUT2D eigenvalue weighted by molar-refractivity contribution is 5.92. The summed E-state index contributed by atoms with van der Waals surface area (Å²) in [6.45, 7) is 0.959. The van der Waals surface area contributed by atoms with Crippen molar-refractivity contribution < 1.29 is 19.0 Å². The maximum atomic E-state index is 12.2. The number of aromatic nitrogens is 1. The summed E-state index contributed by atoms with van der Waals surface area (Å²) in [5.41, 5.74) is 1.33. The number of carbonyl (C=O) groups is 1. The van der Waals surface area contributed by atoms with Crippen LogP contribution in [-0.4, -0.2) is 49.2 Å². The Morgan fingerprint density at radius 3 is 2.70 bits per heavy atom. The van der Waals surface area contributed by atoms with Crippen LogP contribution in [0.5, 0.6) is 17.4 Å². The van der Waals surface area contributed by atoms with Crippen LogP contribution in [0.1, 0.15) is 11.1 Å². The van der Waals surface area contributed by atoms with E-state index in [2.05, 4.69) is 4.98 Å². The van der Waals surface area contributed by atoms with E-state index in [-0.39, 0.29) is 12.0 Å². The van der Waals surface area contributed by atoms with Crippen LogP contribution in [0.2, 0.25) is 0 Å². The van der Waals surface area contributed by atoms with Crippen LogP contribution in [0.3, 0.4) is 0 Å². The molecule has 0 unspecified atom stereocenters. The van der Waals surface area contributed by atoms with E-state index in [0.29, 0.717) is 36.0 Å². The summed E-state index contributed by atoms with van der Waals surface area (Å²) < 4.78 is 16.1. The number of nitrogens with zero attached hydrogens (tertiary/aromatic N) is 3. The minimum atomic E-state index is -0.120. The molecule has 1 saturated heterocycles. The molecule has 7 heteroatoms. The van der Waals surface area contributed by atoms with Gasteiger partial charge in [0.1, 0.15) is 6.10 Å². The van der Waals surface area contributed by atoms with Crippen molar-refractivity contribution in [1.29, 1.82) is 5.26 Å². The fourth-order valence-electron chi connectivity index (χ4n) is 2.64. The highest BCUT2D eigenvalue weighted by Gasteiger charge is 2.31. The molecule has 2 heterocycles. The average Bonchev–Trinajstić information content (AvgIpc) is 2.68. The molecule has 0 aliphatic carbocycles. The van der Waals surface area contributed by atoms with Gasteiger partial charge in [0.15, 0.2) is 11.5 Å². The van der Waals surface area contributed by atoms with Crippen molar-refractivity contribution >= 4 is 12.0 Å². The number of methoxy groups -OCH3 is 2. The number of likely N-dealkylation sites (tertiary alicyclic amines) is 1. The van der Waals surface area contributed by atoms with Crippen LogP contribution >= 0.6 is 0 Å². The lowest BCUT2D eigenvalue weighted by Gasteiger charge is -2.38. The third kappa shape index (κ3) is 4.36. The van der Waals surface area contributed by atoms with Crippen LogP contribution in [0.4, 0.5) is 0 Å². The monoisotopic (exact) mass is 365 g/mol. The predicted molar refractivity (Wildman–Crippen MR) is 98.5 cm³/mol. The fraction of sp³-hybridized carbons (Fsp3) is 0.250. The maximum Gasteiger partial charge on any atom is 0.246 e. The van der Waals surface area contributed by atoms with Crippen molar-refractivity contribution in [3.8, 4) is 23.4 Å². The first-order valence-corrected chi connectivity index (χ1v) is 8.34. The summed E-state index contributed by atoms with van der Waals surface area (Å²) in [6, 6.07) is 10.7. The molecule has 0 spiro atoms. The SMILES string of the molecule is COc1ccc(/C=C/C(=O)N2CC(Oc3cc(C#N)ccn3)C2)cc1OC. The van der Waals surface area contributed by atoms with E-state index < -0.39 is 0 Å². The zero-order valence-corrected chi connectivity index (χ0v) is 15.1. The molecular weight excluding hydrogens is 346 g/mol. The standard InChI is InChI=1S/C20H19N3O4/c1-25-17-5-3-14(9-18(17)26-2)4-6-20(24)23-12-16(13-23)27-19-10-15(11-21)7-8-22-19/h3-10,16H,12-13H2,1-2H3/b6-4+. The first-order valence-electron chi connectivity index (χ1n) is 8.34. The number of rotatable bonds is 6. The molecule has 1 amide bonds. The smallest absolute Gasteiger partial charge is 0.246 e. The molecular formula is C20H19N3O4. The van der Waals surface area contributed by atoms with Gasteiger partial charge in [-0.2, -0.15) is 5.26 Å². The summed E-state index contributed by atoms with van der Waals surface area (Å²) in [7, 11) is 3.14. The van der Waals surface area contributed by atoms with E-state index in [4.69, 9.17) is 19.5 Å². The second-order valence-electron chi connectivity index (χ2n) is 5.93. The Bertz CT molecular complexity index is 898. The van der Waals surface area contributed by atoms with Crippen molar-refractivity contribution in [3.63, 3.8) is 0 Å². The van der Waals surface area contributed by atoms with Gasteiger partial charge < -0.3 is 19.1 Å². The molecule has 0 saturated carbocycles. The van der Waals surface area contributed by atoms with E-state index in [1.807, 2.05) is 12.1 Å². The van der Waals surface area contributed by atoms with Gasteiger partial charge in [-0.05, 0) is 29.8 Å². The second-order valence-corrected chi connectivity index (χ2v) is 5.93. The van der Waals surface area contributed by atoms with Crippen molar-refractivity contribution in [3.05, 3.63) is 53.7 Å². The summed E-state index contributed by atoms with van der Waals surface area (Å²) in [6.07, 6.45) is 4.66. The highest BCUT2D eigenvalue weighted by Crippen LogP contribution is 2.28. The van der Waals surface area contributed by atoms with Crippen LogP contribution in [-0.2, 0) is 4.79 Å². The molecule has 138 valence electrons. The fourth-order valence-corrected chi connectivity index (χ4v) is 2.64. The normalized spacial score (nSPS) is 13.7. The van der Waals surface area contributed by atoms with Crippen molar-refractivity contribution in [2.75, 3.05) is 27.3 Å². The van der Waals surface area contributed by atoms with E-state index in [0.717, 1.165) is 5.56 Å². The molecule has 0 bridgehead atoms. The quantitative estimate of drug-likeness (QED) is 0.730. The summed E-state index contributed by atoms with van der Waals surface area (Å²) in [4.78, 5) is 18.0. The topological polar surface area (TPSA) is 84.7 Å². The van der Waals surface area contributed by atoms with Crippen LogP contribution < -0.4 is 14.2 Å². The number of benzene rings is 1. The third-order valence-electron chi connectivity index (χ3n) is 4.14. The van der Waals surface area contributed by atoms with Gasteiger partial charge in [-0.15, -0.1) is 0 Å². The Morgan fingerprint density at radius 2 is 2.00 bits per heavy atom. The van der Waals surface area contributed by atoms with Gasteiger partial charge in [-0.3, -0.25) is 4.79 Å². The van der Waals surface area contributed by atoms with Gasteiger partial charge in [0, 0.05) is 18.3 Å². The molecule has 2 aromatic rings. The molecule has 0 N–H and O–H groups in total. The van der Waals surface area contributed by atoms with Gasteiger partial charge in [0.25, 0.3) is 0 Å². The number of amides is 1. The number of carbonyl (C=O) groups excluding carboxylic acids is 1. The molecule has 3 rings (SSSR count). The Hall–Kier alpha value is -3.53. The molecule has 1 fully saturated rings. The van der Waals surface area contributed by atoms with Gasteiger partial charge in [0.2, 0.25) is 11.8 Å². The van der Waals surface area contributed by atoms with Gasteiger partial charge in [-0.1, -0.05) is 6.07 Å². The molecule has 0 radical (unpaired) electrons. The Labute approximate surface area is 157 Å². The minimum absolute atomic E-state index is 0.0941. The molecule has 7 nitrogen and oxygen atoms in total. The Morgan fingerprint density at radius 1 is 1.22 bits per heavy atom. The number of nitriles is 1. The predicted octanol–water partition coefficient (Wildman–Crippen LogP) is 2.27. The molecule has 0 atom stereocenters. The molecule has 27 heavy (non-hydrogen) atoms. The lowest BCUT2D eigenvalue weighted by atomic mass is 10.1.